The van der Waals surface area contributed by atoms with Crippen molar-refractivity contribution in [2.75, 3.05) is 5.32 Å². The Hall–Kier alpha value is -1.49. The molecule has 0 fully saturated rings. The molecule has 0 amide bonds. The van der Waals surface area contributed by atoms with Crippen LogP contribution >= 0.6 is 11.3 Å². The lowest BCUT2D eigenvalue weighted by Gasteiger charge is -2.22. The SMILES string of the molecule is CC(C)C(Nc1cc(F)c(F)cc1F)c1cccs1. The normalized spacial score (nSPS) is 12.7. The van der Waals surface area contributed by atoms with Crippen LogP contribution in [0.4, 0.5) is 18.9 Å². The van der Waals surface area contributed by atoms with Crippen molar-refractivity contribution in [1.29, 1.82) is 0 Å². The van der Waals surface area contributed by atoms with Crippen LogP contribution < -0.4 is 5.32 Å². The van der Waals surface area contributed by atoms with Gasteiger partial charge >= 0.3 is 0 Å². The lowest BCUT2D eigenvalue weighted by Crippen LogP contribution is -2.16. The van der Waals surface area contributed by atoms with Gasteiger partial charge in [-0.25, -0.2) is 13.2 Å². The molecule has 1 unspecified atom stereocenters. The lowest BCUT2D eigenvalue weighted by molar-refractivity contribution is 0.492. The molecule has 2 rings (SSSR count). The molecule has 0 aliphatic heterocycles. The standard InChI is InChI=1S/C14H14F3NS/c1-8(2)14(13-4-3-5-19-13)18-12-7-10(16)9(15)6-11(12)17/h3-8,14,18H,1-2H3. The zero-order valence-electron chi connectivity index (χ0n) is 10.6. The van der Waals surface area contributed by atoms with Crippen LogP contribution in [0.15, 0.2) is 29.6 Å². The highest BCUT2D eigenvalue weighted by Gasteiger charge is 2.19. The van der Waals surface area contributed by atoms with Crippen molar-refractivity contribution < 1.29 is 13.2 Å². The van der Waals surface area contributed by atoms with E-state index < -0.39 is 17.5 Å². The van der Waals surface area contributed by atoms with Crippen molar-refractivity contribution >= 4 is 17.0 Å². The fraction of sp³-hybridized carbons (Fsp3) is 0.286. The second-order valence-electron chi connectivity index (χ2n) is 4.63. The zero-order valence-corrected chi connectivity index (χ0v) is 11.4. The fourth-order valence-corrected chi connectivity index (χ4v) is 2.78. The van der Waals surface area contributed by atoms with Crippen LogP contribution in [0, 0.1) is 23.4 Å². The van der Waals surface area contributed by atoms with Gasteiger partial charge in [0.25, 0.3) is 0 Å². The molecule has 102 valence electrons. The van der Waals surface area contributed by atoms with Crippen molar-refractivity contribution in [3.63, 3.8) is 0 Å². The largest absolute Gasteiger partial charge is 0.375 e. The van der Waals surface area contributed by atoms with Gasteiger partial charge in [0.2, 0.25) is 0 Å². The number of halogens is 3. The van der Waals surface area contributed by atoms with Crippen LogP contribution in [-0.4, -0.2) is 0 Å². The summed E-state index contributed by atoms with van der Waals surface area (Å²) in [6.45, 7) is 3.96. The van der Waals surface area contributed by atoms with Crippen LogP contribution in [-0.2, 0) is 0 Å². The summed E-state index contributed by atoms with van der Waals surface area (Å²) in [6.07, 6.45) is 0. The molecule has 1 aromatic heterocycles. The second-order valence-corrected chi connectivity index (χ2v) is 5.61. The third-order valence-corrected chi connectivity index (χ3v) is 3.79. The Morgan fingerprint density at radius 3 is 2.32 bits per heavy atom. The van der Waals surface area contributed by atoms with E-state index in [1.165, 1.54) is 11.3 Å². The molecule has 0 aliphatic rings. The molecule has 19 heavy (non-hydrogen) atoms. The molecule has 0 saturated heterocycles. The van der Waals surface area contributed by atoms with Crippen molar-refractivity contribution in [3.8, 4) is 0 Å². The Bertz CT molecular complexity index is 552. The molecule has 1 N–H and O–H groups in total. The Balaban J connectivity index is 2.30. The van der Waals surface area contributed by atoms with Crippen molar-refractivity contribution in [2.45, 2.75) is 19.9 Å². The van der Waals surface area contributed by atoms with Crippen molar-refractivity contribution in [2.24, 2.45) is 5.92 Å². The molecule has 1 heterocycles. The van der Waals surface area contributed by atoms with Gasteiger partial charge in [0, 0.05) is 17.0 Å². The summed E-state index contributed by atoms with van der Waals surface area (Å²) in [5.74, 6) is -2.84. The molecular formula is C14H14F3NS. The molecule has 0 spiro atoms. The summed E-state index contributed by atoms with van der Waals surface area (Å²) < 4.78 is 39.7. The summed E-state index contributed by atoms with van der Waals surface area (Å²) in [5, 5.41) is 4.87. The van der Waals surface area contributed by atoms with Crippen LogP contribution in [0.1, 0.15) is 24.8 Å². The summed E-state index contributed by atoms with van der Waals surface area (Å²) in [6, 6.07) is 5.11. The monoisotopic (exact) mass is 285 g/mol. The number of thiophene rings is 1. The van der Waals surface area contributed by atoms with Gasteiger partial charge in [-0.2, -0.15) is 0 Å². The predicted octanol–water partition coefficient (Wildman–Crippen LogP) is 4.97. The van der Waals surface area contributed by atoms with E-state index in [-0.39, 0.29) is 17.6 Å². The molecule has 0 saturated carbocycles. The Labute approximate surface area is 114 Å². The minimum atomic E-state index is -1.18. The molecule has 0 aliphatic carbocycles. The van der Waals surface area contributed by atoms with Gasteiger partial charge in [-0.3, -0.25) is 0 Å². The van der Waals surface area contributed by atoms with Gasteiger partial charge < -0.3 is 5.32 Å². The minimum Gasteiger partial charge on any atom is -0.375 e. The van der Waals surface area contributed by atoms with E-state index >= 15 is 0 Å². The third kappa shape index (κ3) is 3.10. The first-order valence-electron chi connectivity index (χ1n) is 5.93. The molecule has 5 heteroatoms. The first-order valence-corrected chi connectivity index (χ1v) is 6.81. The molecule has 1 atom stereocenters. The number of rotatable bonds is 4. The smallest absolute Gasteiger partial charge is 0.161 e. The maximum atomic E-state index is 13.6. The Morgan fingerprint density at radius 2 is 1.74 bits per heavy atom. The molecule has 1 aromatic carbocycles. The molecule has 2 aromatic rings. The van der Waals surface area contributed by atoms with E-state index in [4.69, 9.17) is 0 Å². The van der Waals surface area contributed by atoms with Gasteiger partial charge in [0.15, 0.2) is 11.6 Å². The second kappa shape index (κ2) is 5.65. The molecular weight excluding hydrogens is 271 g/mol. The number of nitrogens with one attached hydrogen (secondary N) is 1. The lowest BCUT2D eigenvalue weighted by atomic mass is 10.0. The summed E-state index contributed by atoms with van der Waals surface area (Å²) >= 11 is 1.54. The quantitative estimate of drug-likeness (QED) is 0.782. The highest BCUT2D eigenvalue weighted by atomic mass is 32.1. The Kier molecular flexibility index (Phi) is 4.14. The zero-order chi connectivity index (χ0) is 14.0. The van der Waals surface area contributed by atoms with E-state index in [1.54, 1.807) is 0 Å². The molecule has 0 radical (unpaired) electrons. The summed E-state index contributed by atoms with van der Waals surface area (Å²) in [7, 11) is 0. The first kappa shape index (κ1) is 13.9. The molecule has 0 bridgehead atoms. The number of hydrogen-bond acceptors (Lipinski definition) is 2. The predicted molar refractivity (Wildman–Crippen MR) is 71.8 cm³/mol. The minimum absolute atomic E-state index is 0.0222. The summed E-state index contributed by atoms with van der Waals surface area (Å²) in [4.78, 5) is 1.03. The average molecular weight is 285 g/mol. The third-order valence-electron chi connectivity index (χ3n) is 2.84. The highest BCUT2D eigenvalue weighted by molar-refractivity contribution is 7.10. The maximum absolute atomic E-state index is 13.6. The fourth-order valence-electron chi connectivity index (χ4n) is 1.84. The number of hydrogen-bond donors (Lipinski definition) is 1. The number of benzene rings is 1. The molecule has 1 nitrogen and oxygen atoms in total. The van der Waals surface area contributed by atoms with Crippen molar-refractivity contribution in [1.82, 2.24) is 0 Å². The highest BCUT2D eigenvalue weighted by Crippen LogP contribution is 2.31. The topological polar surface area (TPSA) is 12.0 Å². The summed E-state index contributed by atoms with van der Waals surface area (Å²) in [5.41, 5.74) is -0.0222. The van der Waals surface area contributed by atoms with Gasteiger partial charge in [0.05, 0.1) is 11.7 Å². The Morgan fingerprint density at radius 1 is 1.05 bits per heavy atom. The maximum Gasteiger partial charge on any atom is 0.161 e. The number of anilines is 1. The van der Waals surface area contributed by atoms with Crippen LogP contribution in [0.2, 0.25) is 0 Å². The first-order chi connectivity index (χ1) is 8.99. The van der Waals surface area contributed by atoms with E-state index in [1.807, 2.05) is 31.4 Å². The van der Waals surface area contributed by atoms with Gasteiger partial charge in [-0.1, -0.05) is 19.9 Å². The van der Waals surface area contributed by atoms with Gasteiger partial charge in [0.1, 0.15) is 5.82 Å². The van der Waals surface area contributed by atoms with E-state index in [0.29, 0.717) is 6.07 Å². The average Bonchev–Trinajstić information content (AvgIpc) is 2.85. The van der Waals surface area contributed by atoms with E-state index in [0.717, 1.165) is 10.9 Å². The van der Waals surface area contributed by atoms with Gasteiger partial charge in [-0.05, 0) is 17.4 Å². The van der Waals surface area contributed by atoms with Crippen LogP contribution in [0.5, 0.6) is 0 Å². The van der Waals surface area contributed by atoms with Gasteiger partial charge in [-0.15, -0.1) is 11.3 Å². The van der Waals surface area contributed by atoms with E-state index in [2.05, 4.69) is 5.32 Å². The van der Waals surface area contributed by atoms with Crippen LogP contribution in [0.25, 0.3) is 0 Å². The van der Waals surface area contributed by atoms with Crippen molar-refractivity contribution in [3.05, 3.63) is 52.0 Å². The van der Waals surface area contributed by atoms with Crippen LogP contribution in [0.3, 0.4) is 0 Å². The van der Waals surface area contributed by atoms with E-state index in [9.17, 15) is 13.2 Å².